The van der Waals surface area contributed by atoms with Gasteiger partial charge in [-0.3, -0.25) is 0 Å². The van der Waals surface area contributed by atoms with Crippen molar-refractivity contribution in [3.8, 4) is 0 Å². The Hall–Kier alpha value is -0.930. The molecule has 0 bridgehead atoms. The van der Waals surface area contributed by atoms with Crippen LogP contribution in [0.3, 0.4) is 0 Å². The highest BCUT2D eigenvalue weighted by atomic mass is 19.4. The van der Waals surface area contributed by atoms with E-state index in [1.807, 2.05) is 13.8 Å². The molecular formula is C9H12F3N. The van der Waals surface area contributed by atoms with Crippen LogP contribution in [0, 0.1) is 0 Å². The molecule has 0 N–H and O–H groups in total. The summed E-state index contributed by atoms with van der Waals surface area (Å²) in [5.74, 6) is 0. The molecule has 13 heavy (non-hydrogen) atoms. The molecule has 0 unspecified atom stereocenters. The lowest BCUT2D eigenvalue weighted by atomic mass is 10.1. The van der Waals surface area contributed by atoms with Gasteiger partial charge in [-0.15, -0.1) is 0 Å². The maximum atomic E-state index is 12.2. The van der Waals surface area contributed by atoms with Crippen molar-refractivity contribution in [3.05, 3.63) is 24.0 Å². The van der Waals surface area contributed by atoms with Gasteiger partial charge in [-0.1, -0.05) is 6.08 Å². The van der Waals surface area contributed by atoms with Crippen molar-refractivity contribution in [2.45, 2.75) is 32.5 Å². The summed E-state index contributed by atoms with van der Waals surface area (Å²) in [6.45, 7) is 3.69. The van der Waals surface area contributed by atoms with Crippen molar-refractivity contribution >= 4 is 0 Å². The smallest absolute Gasteiger partial charge is 0.352 e. The third kappa shape index (κ3) is 2.50. The van der Waals surface area contributed by atoms with Crippen LogP contribution in [0.15, 0.2) is 24.0 Å². The van der Waals surface area contributed by atoms with Crippen molar-refractivity contribution in [2.24, 2.45) is 0 Å². The Morgan fingerprint density at radius 1 is 1.38 bits per heavy atom. The molecule has 0 fully saturated rings. The Kier molecular flexibility index (Phi) is 2.68. The standard InChI is InChI=1S/C9H12F3N/c1-7(2)13-5-3-4-8(6-13)9(10,11)12/h3,5-7H,4H2,1-2H3. The van der Waals surface area contributed by atoms with Gasteiger partial charge in [0, 0.05) is 18.4 Å². The first-order valence-corrected chi connectivity index (χ1v) is 4.13. The first-order chi connectivity index (χ1) is 5.91. The van der Waals surface area contributed by atoms with Gasteiger partial charge >= 0.3 is 6.18 Å². The highest BCUT2D eigenvalue weighted by Gasteiger charge is 2.34. The average molecular weight is 191 g/mol. The largest absolute Gasteiger partial charge is 0.414 e. The number of hydrogen-bond acceptors (Lipinski definition) is 1. The third-order valence-corrected chi connectivity index (χ3v) is 1.88. The van der Waals surface area contributed by atoms with Crippen LogP contribution in [-0.4, -0.2) is 17.1 Å². The second kappa shape index (κ2) is 3.44. The molecule has 0 aromatic rings. The Morgan fingerprint density at radius 3 is 2.46 bits per heavy atom. The highest BCUT2D eigenvalue weighted by molar-refractivity contribution is 5.18. The van der Waals surface area contributed by atoms with Crippen LogP contribution in [-0.2, 0) is 0 Å². The molecule has 0 spiro atoms. The summed E-state index contributed by atoms with van der Waals surface area (Å²) < 4.78 is 36.7. The molecule has 1 aliphatic rings. The lowest BCUT2D eigenvalue weighted by Gasteiger charge is -2.25. The number of alkyl halides is 3. The molecule has 74 valence electrons. The van der Waals surface area contributed by atoms with E-state index in [9.17, 15) is 13.2 Å². The van der Waals surface area contributed by atoms with E-state index in [4.69, 9.17) is 0 Å². The normalized spacial score (nSPS) is 18.0. The minimum Gasteiger partial charge on any atom is -0.352 e. The predicted molar refractivity (Wildman–Crippen MR) is 44.9 cm³/mol. The minimum absolute atomic E-state index is 0.0211. The Balaban J connectivity index is 2.79. The molecule has 0 amide bonds. The third-order valence-electron chi connectivity index (χ3n) is 1.88. The topological polar surface area (TPSA) is 3.24 Å². The van der Waals surface area contributed by atoms with E-state index in [0.717, 1.165) is 0 Å². The minimum atomic E-state index is -4.20. The SMILES string of the molecule is CC(C)N1C=CCC(C(F)(F)F)=C1. The molecule has 1 rings (SSSR count). The van der Waals surface area contributed by atoms with Crippen molar-refractivity contribution in [3.63, 3.8) is 0 Å². The zero-order chi connectivity index (χ0) is 10.1. The second-order valence-corrected chi connectivity index (χ2v) is 3.28. The molecule has 4 heteroatoms. The maximum absolute atomic E-state index is 12.2. The summed E-state index contributed by atoms with van der Waals surface area (Å²) in [5, 5.41) is 0. The number of halogens is 3. The summed E-state index contributed by atoms with van der Waals surface area (Å²) in [6, 6.07) is 0.0638. The Morgan fingerprint density at radius 2 is 2.00 bits per heavy atom. The van der Waals surface area contributed by atoms with E-state index >= 15 is 0 Å². The molecule has 1 heterocycles. The number of hydrogen-bond donors (Lipinski definition) is 0. The van der Waals surface area contributed by atoms with E-state index in [1.165, 1.54) is 12.3 Å². The second-order valence-electron chi connectivity index (χ2n) is 3.28. The zero-order valence-corrected chi connectivity index (χ0v) is 7.60. The van der Waals surface area contributed by atoms with E-state index in [1.54, 1.807) is 11.1 Å². The summed E-state index contributed by atoms with van der Waals surface area (Å²) in [6.07, 6.45) is 0.165. The van der Waals surface area contributed by atoms with Gasteiger partial charge < -0.3 is 4.90 Å². The summed E-state index contributed by atoms with van der Waals surface area (Å²) in [4.78, 5) is 1.56. The number of rotatable bonds is 1. The Labute approximate surface area is 75.5 Å². The summed E-state index contributed by atoms with van der Waals surface area (Å²) >= 11 is 0. The quantitative estimate of drug-likeness (QED) is 0.615. The zero-order valence-electron chi connectivity index (χ0n) is 7.60. The first-order valence-electron chi connectivity index (χ1n) is 4.13. The van der Waals surface area contributed by atoms with Crippen LogP contribution < -0.4 is 0 Å². The number of nitrogens with zero attached hydrogens (tertiary/aromatic N) is 1. The van der Waals surface area contributed by atoms with Crippen molar-refractivity contribution < 1.29 is 13.2 Å². The molecule has 1 nitrogen and oxygen atoms in total. The number of allylic oxidation sites excluding steroid dienone is 2. The first kappa shape index (κ1) is 10.2. The van der Waals surface area contributed by atoms with Crippen molar-refractivity contribution in [1.82, 2.24) is 4.90 Å². The van der Waals surface area contributed by atoms with E-state index < -0.39 is 11.7 Å². The fourth-order valence-corrected chi connectivity index (χ4v) is 1.09. The molecule has 1 aliphatic heterocycles. The maximum Gasteiger partial charge on any atom is 0.414 e. The van der Waals surface area contributed by atoms with Crippen LogP contribution >= 0.6 is 0 Å². The van der Waals surface area contributed by atoms with E-state index in [0.29, 0.717) is 0 Å². The van der Waals surface area contributed by atoms with Gasteiger partial charge in [0.2, 0.25) is 0 Å². The summed E-state index contributed by atoms with van der Waals surface area (Å²) in [5.41, 5.74) is -0.483. The van der Waals surface area contributed by atoms with Crippen LogP contribution in [0.25, 0.3) is 0 Å². The lowest BCUT2D eigenvalue weighted by molar-refractivity contribution is -0.0943. The molecule has 0 atom stereocenters. The average Bonchev–Trinajstić information content (AvgIpc) is 2.03. The van der Waals surface area contributed by atoms with Gasteiger partial charge in [-0.05, 0) is 20.3 Å². The predicted octanol–water partition coefficient (Wildman–Crippen LogP) is 3.06. The van der Waals surface area contributed by atoms with Gasteiger partial charge in [-0.2, -0.15) is 13.2 Å². The van der Waals surface area contributed by atoms with Gasteiger partial charge in [0.15, 0.2) is 0 Å². The molecule has 0 radical (unpaired) electrons. The molecule has 0 aliphatic carbocycles. The van der Waals surface area contributed by atoms with Gasteiger partial charge in [-0.25, -0.2) is 0 Å². The molecule has 0 saturated carbocycles. The van der Waals surface area contributed by atoms with Crippen LogP contribution in [0.1, 0.15) is 20.3 Å². The van der Waals surface area contributed by atoms with Crippen LogP contribution in [0.2, 0.25) is 0 Å². The van der Waals surface area contributed by atoms with E-state index in [-0.39, 0.29) is 12.5 Å². The monoisotopic (exact) mass is 191 g/mol. The van der Waals surface area contributed by atoms with Gasteiger partial charge in [0.05, 0.1) is 5.57 Å². The molecule has 0 aromatic heterocycles. The molecular weight excluding hydrogens is 179 g/mol. The highest BCUT2D eigenvalue weighted by Crippen LogP contribution is 2.31. The summed E-state index contributed by atoms with van der Waals surface area (Å²) in [7, 11) is 0. The Bertz CT molecular complexity index is 238. The van der Waals surface area contributed by atoms with Crippen LogP contribution in [0.4, 0.5) is 13.2 Å². The van der Waals surface area contributed by atoms with E-state index in [2.05, 4.69) is 0 Å². The molecule has 0 saturated heterocycles. The van der Waals surface area contributed by atoms with Gasteiger partial charge in [0.1, 0.15) is 0 Å². The van der Waals surface area contributed by atoms with Gasteiger partial charge in [0.25, 0.3) is 0 Å². The molecule has 0 aromatic carbocycles. The van der Waals surface area contributed by atoms with Crippen molar-refractivity contribution in [2.75, 3.05) is 0 Å². The lowest BCUT2D eigenvalue weighted by Crippen LogP contribution is -2.25. The van der Waals surface area contributed by atoms with Crippen LogP contribution in [0.5, 0.6) is 0 Å². The fourth-order valence-electron chi connectivity index (χ4n) is 1.09. The fraction of sp³-hybridized carbons (Fsp3) is 0.556. The van der Waals surface area contributed by atoms with Crippen molar-refractivity contribution in [1.29, 1.82) is 0 Å².